The van der Waals surface area contributed by atoms with Gasteiger partial charge in [0, 0.05) is 30.8 Å². The van der Waals surface area contributed by atoms with Gasteiger partial charge in [0.15, 0.2) is 0 Å². The van der Waals surface area contributed by atoms with Gasteiger partial charge in [-0.3, -0.25) is 4.79 Å². The maximum atomic E-state index is 13.4. The molecular weight excluding hydrogens is 451 g/mol. The van der Waals surface area contributed by atoms with E-state index in [-0.39, 0.29) is 18.4 Å². The quantitative estimate of drug-likeness (QED) is 0.321. The molecule has 0 bridgehead atoms. The van der Waals surface area contributed by atoms with Crippen molar-refractivity contribution in [2.75, 3.05) is 0 Å². The highest BCUT2D eigenvalue weighted by Gasteiger charge is 2.32. The number of halogens is 3. The number of benzene rings is 2. The molecule has 0 spiro atoms. The van der Waals surface area contributed by atoms with Crippen molar-refractivity contribution in [3.63, 3.8) is 0 Å². The second-order valence-corrected chi connectivity index (χ2v) is 8.99. The number of nitrogens with one attached hydrogen (secondary N) is 1. The molecule has 4 rings (SSSR count). The number of aryl methyl sites for hydroxylation is 2. The molecular formula is C28H28F3N3O. The Morgan fingerprint density at radius 1 is 1.06 bits per heavy atom. The molecule has 0 aliphatic rings. The summed E-state index contributed by atoms with van der Waals surface area (Å²) in [6, 6.07) is 19.0. The number of carbonyl (C=O) groups excluding carboxylic acids is 1. The Morgan fingerprint density at radius 2 is 1.83 bits per heavy atom. The lowest BCUT2D eigenvalue weighted by molar-refractivity contribution is -0.137. The van der Waals surface area contributed by atoms with Crippen molar-refractivity contribution < 1.29 is 18.0 Å². The zero-order valence-electron chi connectivity index (χ0n) is 19.7. The number of nitrogens with zero attached hydrogens (tertiary/aromatic N) is 2. The van der Waals surface area contributed by atoms with Gasteiger partial charge in [0.05, 0.1) is 11.3 Å². The molecule has 0 radical (unpaired) electrons. The summed E-state index contributed by atoms with van der Waals surface area (Å²) in [6.07, 6.45) is 0.620. The van der Waals surface area contributed by atoms with Crippen LogP contribution in [0.5, 0.6) is 0 Å². The van der Waals surface area contributed by atoms with Gasteiger partial charge in [-0.05, 0) is 61.6 Å². The zero-order valence-corrected chi connectivity index (χ0v) is 19.7. The van der Waals surface area contributed by atoms with E-state index in [1.165, 1.54) is 11.6 Å². The average Bonchev–Trinajstić information content (AvgIpc) is 3.24. The van der Waals surface area contributed by atoms with Crippen LogP contribution in [0.2, 0.25) is 0 Å². The van der Waals surface area contributed by atoms with Crippen molar-refractivity contribution in [1.29, 1.82) is 0 Å². The van der Waals surface area contributed by atoms with Crippen molar-refractivity contribution in [2.24, 2.45) is 0 Å². The largest absolute Gasteiger partial charge is 0.416 e. The Labute approximate surface area is 202 Å². The van der Waals surface area contributed by atoms with Gasteiger partial charge in [-0.1, -0.05) is 48.5 Å². The van der Waals surface area contributed by atoms with Crippen LogP contribution in [0, 0.1) is 6.92 Å². The number of carbonyl (C=O) groups is 1. The van der Waals surface area contributed by atoms with Crippen LogP contribution in [0.1, 0.15) is 53.6 Å². The zero-order chi connectivity index (χ0) is 25.0. The summed E-state index contributed by atoms with van der Waals surface area (Å²) in [5, 5.41) is 3.02. The number of alkyl halides is 3. The minimum Gasteiger partial charge on any atom is -0.354 e. The third-order valence-electron chi connectivity index (χ3n) is 6.18. The summed E-state index contributed by atoms with van der Waals surface area (Å²) in [4.78, 5) is 17.5. The van der Waals surface area contributed by atoms with Crippen molar-refractivity contribution in [1.82, 2.24) is 14.7 Å². The van der Waals surface area contributed by atoms with Crippen LogP contribution in [-0.4, -0.2) is 21.3 Å². The normalized spacial score (nSPS) is 13.5. The minimum absolute atomic E-state index is 0.0126. The number of imidazole rings is 1. The predicted octanol–water partition coefficient (Wildman–Crippen LogP) is 6.32. The summed E-state index contributed by atoms with van der Waals surface area (Å²) in [6.45, 7) is 3.89. The van der Waals surface area contributed by atoms with Crippen molar-refractivity contribution in [3.05, 3.63) is 107 Å². The van der Waals surface area contributed by atoms with Gasteiger partial charge in [-0.2, -0.15) is 13.2 Å². The van der Waals surface area contributed by atoms with Gasteiger partial charge in [0.1, 0.15) is 5.65 Å². The fourth-order valence-corrected chi connectivity index (χ4v) is 4.30. The van der Waals surface area contributed by atoms with E-state index in [1.807, 2.05) is 66.9 Å². The highest BCUT2D eigenvalue weighted by molar-refractivity contribution is 5.77. The van der Waals surface area contributed by atoms with Crippen LogP contribution in [0.15, 0.2) is 79.1 Å². The summed E-state index contributed by atoms with van der Waals surface area (Å²) in [5.74, 6) is -0.800. The van der Waals surface area contributed by atoms with Crippen molar-refractivity contribution in [2.45, 2.75) is 51.2 Å². The van der Waals surface area contributed by atoms with E-state index < -0.39 is 17.7 Å². The number of hydrogen-bond donors (Lipinski definition) is 1. The molecule has 0 saturated carbocycles. The number of pyridine rings is 1. The van der Waals surface area contributed by atoms with E-state index in [0.29, 0.717) is 16.9 Å². The summed E-state index contributed by atoms with van der Waals surface area (Å²) in [7, 11) is 0. The molecule has 1 N–H and O–H groups in total. The molecule has 0 fully saturated rings. The molecule has 4 nitrogen and oxygen atoms in total. The average molecular weight is 480 g/mol. The molecule has 1 amide bonds. The third kappa shape index (κ3) is 6.10. The number of amides is 1. The molecule has 7 heteroatoms. The lowest BCUT2D eigenvalue weighted by Crippen LogP contribution is -2.34. The van der Waals surface area contributed by atoms with E-state index in [4.69, 9.17) is 0 Å². The lowest BCUT2D eigenvalue weighted by atomic mass is 9.91. The molecule has 2 aromatic carbocycles. The van der Waals surface area contributed by atoms with Crippen LogP contribution in [0.25, 0.3) is 5.65 Å². The first-order valence-electron chi connectivity index (χ1n) is 11.6. The van der Waals surface area contributed by atoms with Gasteiger partial charge in [0.25, 0.3) is 0 Å². The monoisotopic (exact) mass is 479 g/mol. The van der Waals surface area contributed by atoms with Crippen LogP contribution >= 0.6 is 0 Å². The molecule has 4 aromatic rings. The topological polar surface area (TPSA) is 46.4 Å². The molecule has 2 atom stereocenters. The second kappa shape index (κ2) is 10.3. The second-order valence-electron chi connectivity index (χ2n) is 8.99. The molecule has 182 valence electrons. The Balaban J connectivity index is 1.58. The Kier molecular flexibility index (Phi) is 7.24. The van der Waals surface area contributed by atoms with Crippen LogP contribution in [-0.2, 0) is 17.4 Å². The maximum absolute atomic E-state index is 13.4. The first kappa shape index (κ1) is 24.5. The van der Waals surface area contributed by atoms with Gasteiger partial charge >= 0.3 is 6.18 Å². The third-order valence-corrected chi connectivity index (χ3v) is 6.18. The predicted molar refractivity (Wildman–Crippen MR) is 130 cm³/mol. The highest BCUT2D eigenvalue weighted by Crippen LogP contribution is 2.34. The molecule has 35 heavy (non-hydrogen) atoms. The van der Waals surface area contributed by atoms with Crippen LogP contribution < -0.4 is 5.32 Å². The molecule has 0 aliphatic carbocycles. The van der Waals surface area contributed by atoms with Crippen LogP contribution in [0.4, 0.5) is 13.2 Å². The number of rotatable bonds is 8. The van der Waals surface area contributed by atoms with Crippen molar-refractivity contribution >= 4 is 11.6 Å². The maximum Gasteiger partial charge on any atom is 0.416 e. The fraction of sp³-hybridized carbons (Fsp3) is 0.286. The Hall–Kier alpha value is -3.61. The summed E-state index contributed by atoms with van der Waals surface area (Å²) in [5.41, 5.74) is 3.27. The first-order valence-corrected chi connectivity index (χ1v) is 11.6. The molecule has 2 unspecified atom stereocenters. The summed E-state index contributed by atoms with van der Waals surface area (Å²) >= 11 is 0. The highest BCUT2D eigenvalue weighted by atomic mass is 19.4. The first-order chi connectivity index (χ1) is 16.7. The van der Waals surface area contributed by atoms with Crippen molar-refractivity contribution in [3.8, 4) is 0 Å². The molecule has 0 aliphatic heterocycles. The minimum atomic E-state index is -4.47. The van der Waals surface area contributed by atoms with Gasteiger partial charge in [-0.25, -0.2) is 4.98 Å². The Morgan fingerprint density at radius 3 is 2.57 bits per heavy atom. The van der Waals surface area contributed by atoms with E-state index in [0.717, 1.165) is 30.5 Å². The standard InChI is InChI=1S/C28H28F3N3O/c1-19-13-14-34-25(18-32-26(34)15-19)24(22-9-6-10-23(16-22)28(29,30)31)17-27(35)33-20(2)11-12-21-7-4-3-5-8-21/h3-10,13-16,18,20,24H,11-12,17H2,1-2H3,(H,33,35). The van der Waals surface area contributed by atoms with Gasteiger partial charge in [0.2, 0.25) is 5.91 Å². The summed E-state index contributed by atoms with van der Waals surface area (Å²) < 4.78 is 42.1. The van der Waals surface area contributed by atoms with E-state index in [2.05, 4.69) is 10.3 Å². The Bertz CT molecular complexity index is 1300. The fourth-order valence-electron chi connectivity index (χ4n) is 4.30. The van der Waals surface area contributed by atoms with Gasteiger partial charge < -0.3 is 9.72 Å². The van der Waals surface area contributed by atoms with Gasteiger partial charge in [-0.15, -0.1) is 0 Å². The lowest BCUT2D eigenvalue weighted by Gasteiger charge is -2.20. The molecule has 2 aromatic heterocycles. The van der Waals surface area contributed by atoms with Crippen LogP contribution in [0.3, 0.4) is 0 Å². The number of fused-ring (bicyclic) bond motifs is 1. The number of hydrogen-bond acceptors (Lipinski definition) is 2. The molecule has 0 saturated heterocycles. The van der Waals surface area contributed by atoms with E-state index in [9.17, 15) is 18.0 Å². The van der Waals surface area contributed by atoms with E-state index in [1.54, 1.807) is 12.3 Å². The number of aromatic nitrogens is 2. The van der Waals surface area contributed by atoms with E-state index >= 15 is 0 Å². The SMILES string of the molecule is Cc1ccn2c(C(CC(=O)NC(C)CCc3ccccc3)c3cccc(C(F)(F)F)c3)cnc2c1. The molecule has 2 heterocycles. The smallest absolute Gasteiger partial charge is 0.354 e.